The lowest BCUT2D eigenvalue weighted by molar-refractivity contribution is -0.133. The van der Waals surface area contributed by atoms with Crippen LogP contribution in [0.4, 0.5) is 0 Å². The number of carbonyl (C=O) groups is 1. The van der Waals surface area contributed by atoms with Crippen molar-refractivity contribution in [3.8, 4) is 0 Å². The summed E-state index contributed by atoms with van der Waals surface area (Å²) in [5.74, 6) is 0.252. The van der Waals surface area contributed by atoms with Crippen LogP contribution in [0.3, 0.4) is 0 Å². The van der Waals surface area contributed by atoms with Crippen LogP contribution < -0.4 is 0 Å². The first-order chi connectivity index (χ1) is 9.99. The minimum Gasteiger partial charge on any atom is -0.423 e. The number of benzene rings is 1. The molecule has 0 spiro atoms. The van der Waals surface area contributed by atoms with Crippen LogP contribution in [0.1, 0.15) is 33.3 Å². The highest BCUT2D eigenvalue weighted by Crippen LogP contribution is 2.25. The van der Waals surface area contributed by atoms with Crippen LogP contribution in [0.15, 0.2) is 63.5 Å². The summed E-state index contributed by atoms with van der Waals surface area (Å²) in [5, 5.41) is 8.37. The van der Waals surface area contributed by atoms with Gasteiger partial charge in [-0.2, -0.15) is 10.2 Å². The first-order valence-corrected chi connectivity index (χ1v) is 6.75. The van der Waals surface area contributed by atoms with Gasteiger partial charge in [-0.3, -0.25) is 0 Å². The zero-order valence-electron chi connectivity index (χ0n) is 12.7. The molecule has 4 heteroatoms. The predicted molar refractivity (Wildman–Crippen MR) is 84.3 cm³/mol. The Labute approximate surface area is 124 Å². The number of hydrogen-bond donors (Lipinski definition) is 0. The third-order valence-corrected chi connectivity index (χ3v) is 3.33. The van der Waals surface area contributed by atoms with Gasteiger partial charge in [-0.05, 0) is 33.3 Å². The van der Waals surface area contributed by atoms with E-state index in [1.165, 1.54) is 0 Å². The Bertz CT molecular complexity index is 680. The zero-order valence-corrected chi connectivity index (χ0v) is 12.7. The normalized spacial score (nSPS) is 18.5. The minimum absolute atomic E-state index is 0.296. The van der Waals surface area contributed by atoms with E-state index in [-0.39, 0.29) is 5.97 Å². The molecule has 0 radical (unpaired) electrons. The maximum absolute atomic E-state index is 11.4. The molecule has 0 bridgehead atoms. The SMILES string of the molecule is CC1=C(C)\C(=C/C(C)=N/N=C(\C)c2ccccc2)OC1=O. The zero-order chi connectivity index (χ0) is 15.4. The van der Waals surface area contributed by atoms with E-state index in [4.69, 9.17) is 4.74 Å². The highest BCUT2D eigenvalue weighted by molar-refractivity contribution is 6.01. The van der Waals surface area contributed by atoms with Gasteiger partial charge in [0.2, 0.25) is 0 Å². The van der Waals surface area contributed by atoms with Crippen molar-refractivity contribution in [1.29, 1.82) is 0 Å². The largest absolute Gasteiger partial charge is 0.423 e. The van der Waals surface area contributed by atoms with Gasteiger partial charge in [0.1, 0.15) is 5.76 Å². The van der Waals surface area contributed by atoms with Gasteiger partial charge in [-0.25, -0.2) is 4.79 Å². The highest BCUT2D eigenvalue weighted by Gasteiger charge is 2.23. The number of ether oxygens (including phenoxy) is 1. The second-order valence-electron chi connectivity index (χ2n) is 4.94. The molecular weight excluding hydrogens is 264 g/mol. The van der Waals surface area contributed by atoms with Crippen LogP contribution in [-0.4, -0.2) is 17.4 Å². The summed E-state index contributed by atoms with van der Waals surface area (Å²) in [7, 11) is 0. The lowest BCUT2D eigenvalue weighted by atomic mass is 10.1. The Morgan fingerprint density at radius 2 is 1.71 bits per heavy atom. The van der Waals surface area contributed by atoms with Crippen molar-refractivity contribution in [3.05, 3.63) is 58.9 Å². The molecule has 0 amide bonds. The maximum Gasteiger partial charge on any atom is 0.339 e. The molecule has 4 nitrogen and oxygen atoms in total. The van der Waals surface area contributed by atoms with Crippen LogP contribution in [0.2, 0.25) is 0 Å². The molecule has 21 heavy (non-hydrogen) atoms. The summed E-state index contributed by atoms with van der Waals surface area (Å²) < 4.78 is 5.17. The standard InChI is InChI=1S/C17H18N2O2/c1-11(10-16-12(2)13(3)17(20)21-16)18-19-14(4)15-8-6-5-7-9-15/h5-10H,1-4H3/b16-10+,18-11+,19-14+. The Hall–Kier alpha value is -2.49. The molecule has 1 aliphatic heterocycles. The third-order valence-electron chi connectivity index (χ3n) is 3.33. The van der Waals surface area contributed by atoms with Crippen molar-refractivity contribution in [2.75, 3.05) is 0 Å². The van der Waals surface area contributed by atoms with Crippen molar-refractivity contribution >= 4 is 17.4 Å². The lowest BCUT2D eigenvalue weighted by Gasteiger charge is -1.99. The van der Waals surface area contributed by atoms with E-state index in [0.29, 0.717) is 17.0 Å². The number of hydrogen-bond acceptors (Lipinski definition) is 4. The van der Waals surface area contributed by atoms with Crippen molar-refractivity contribution in [2.24, 2.45) is 10.2 Å². The number of cyclic esters (lactones) is 1. The molecule has 1 aromatic rings. The van der Waals surface area contributed by atoms with Crippen molar-refractivity contribution in [2.45, 2.75) is 27.7 Å². The molecule has 1 aromatic carbocycles. The summed E-state index contributed by atoms with van der Waals surface area (Å²) >= 11 is 0. The second kappa shape index (κ2) is 6.31. The number of carbonyl (C=O) groups excluding carboxylic acids is 1. The molecule has 0 aromatic heterocycles. The summed E-state index contributed by atoms with van der Waals surface area (Å²) in [5.41, 5.74) is 4.03. The second-order valence-corrected chi connectivity index (χ2v) is 4.94. The minimum atomic E-state index is -0.296. The summed E-state index contributed by atoms with van der Waals surface area (Å²) in [4.78, 5) is 11.4. The van der Waals surface area contributed by atoms with E-state index in [1.54, 1.807) is 13.0 Å². The van der Waals surface area contributed by atoms with Crippen LogP contribution in [0, 0.1) is 0 Å². The van der Waals surface area contributed by atoms with Gasteiger partial charge < -0.3 is 4.74 Å². The molecular formula is C17H18N2O2. The van der Waals surface area contributed by atoms with Crippen molar-refractivity contribution in [3.63, 3.8) is 0 Å². The molecule has 0 saturated carbocycles. The molecule has 1 aliphatic rings. The fourth-order valence-electron chi connectivity index (χ4n) is 1.84. The smallest absolute Gasteiger partial charge is 0.339 e. The molecule has 1 heterocycles. The topological polar surface area (TPSA) is 51.0 Å². The lowest BCUT2D eigenvalue weighted by Crippen LogP contribution is -1.97. The summed E-state index contributed by atoms with van der Waals surface area (Å²) in [6, 6.07) is 9.85. The van der Waals surface area contributed by atoms with E-state index in [2.05, 4.69) is 10.2 Å². The molecule has 0 atom stereocenters. The van der Waals surface area contributed by atoms with Crippen LogP contribution in [-0.2, 0) is 9.53 Å². The average molecular weight is 282 g/mol. The molecule has 0 N–H and O–H groups in total. The van der Waals surface area contributed by atoms with Crippen LogP contribution in [0.25, 0.3) is 0 Å². The molecule has 0 fully saturated rings. The van der Waals surface area contributed by atoms with Gasteiger partial charge >= 0.3 is 5.97 Å². The van der Waals surface area contributed by atoms with E-state index in [1.807, 2.05) is 51.1 Å². The molecule has 108 valence electrons. The number of rotatable bonds is 3. The van der Waals surface area contributed by atoms with Gasteiger partial charge in [-0.15, -0.1) is 0 Å². The van der Waals surface area contributed by atoms with Gasteiger partial charge in [0.15, 0.2) is 0 Å². The first-order valence-electron chi connectivity index (χ1n) is 6.75. The monoisotopic (exact) mass is 282 g/mol. The van der Waals surface area contributed by atoms with Crippen LogP contribution in [0.5, 0.6) is 0 Å². The Morgan fingerprint density at radius 1 is 1.05 bits per heavy atom. The van der Waals surface area contributed by atoms with E-state index >= 15 is 0 Å². The van der Waals surface area contributed by atoms with Crippen molar-refractivity contribution < 1.29 is 9.53 Å². The highest BCUT2D eigenvalue weighted by atomic mass is 16.5. The van der Waals surface area contributed by atoms with Gasteiger partial charge in [0.05, 0.1) is 11.4 Å². The molecule has 0 saturated heterocycles. The number of nitrogens with zero attached hydrogens (tertiary/aromatic N) is 2. The molecule has 2 rings (SSSR count). The average Bonchev–Trinajstić information content (AvgIpc) is 2.73. The Balaban J connectivity index is 2.18. The van der Waals surface area contributed by atoms with Crippen LogP contribution >= 0.6 is 0 Å². The maximum atomic E-state index is 11.4. The Morgan fingerprint density at radius 3 is 2.29 bits per heavy atom. The van der Waals surface area contributed by atoms with E-state index < -0.39 is 0 Å². The van der Waals surface area contributed by atoms with E-state index in [0.717, 1.165) is 16.8 Å². The Kier molecular flexibility index (Phi) is 4.48. The van der Waals surface area contributed by atoms with Crippen molar-refractivity contribution in [1.82, 2.24) is 0 Å². The van der Waals surface area contributed by atoms with E-state index in [9.17, 15) is 4.79 Å². The summed E-state index contributed by atoms with van der Waals surface area (Å²) in [6.07, 6.45) is 1.73. The third kappa shape index (κ3) is 3.54. The predicted octanol–water partition coefficient (Wildman–Crippen LogP) is 3.65. The fourth-order valence-corrected chi connectivity index (χ4v) is 1.84. The quantitative estimate of drug-likeness (QED) is 0.482. The number of allylic oxidation sites excluding steroid dienone is 2. The first kappa shape index (κ1) is 14.9. The molecule has 0 unspecified atom stereocenters. The van der Waals surface area contributed by atoms with Gasteiger partial charge in [-0.1, -0.05) is 30.3 Å². The van der Waals surface area contributed by atoms with Gasteiger partial charge in [0, 0.05) is 17.2 Å². The van der Waals surface area contributed by atoms with Gasteiger partial charge in [0.25, 0.3) is 0 Å². The summed E-state index contributed by atoms with van der Waals surface area (Å²) in [6.45, 7) is 7.34. The number of esters is 1. The molecule has 0 aliphatic carbocycles. The fraction of sp³-hybridized carbons (Fsp3) is 0.235.